The van der Waals surface area contributed by atoms with Crippen LogP contribution >= 0.6 is 0 Å². The molecule has 1 fully saturated rings. The van der Waals surface area contributed by atoms with Gasteiger partial charge in [-0.1, -0.05) is 51.1 Å². The number of piperidine rings is 1. The first-order valence-electron chi connectivity index (χ1n) is 9.98. The molecular weight excluding hydrogens is 370 g/mol. The maximum atomic E-state index is 15.3. The van der Waals surface area contributed by atoms with Crippen LogP contribution in [0.3, 0.4) is 0 Å². The lowest BCUT2D eigenvalue weighted by atomic mass is 9.59. The minimum Gasteiger partial charge on any atom is -0.507 e. The summed E-state index contributed by atoms with van der Waals surface area (Å²) in [6.07, 6.45) is -0.455. The van der Waals surface area contributed by atoms with Crippen molar-refractivity contribution in [2.45, 2.75) is 46.3 Å². The third-order valence-electron chi connectivity index (χ3n) is 6.42. The normalized spacial score (nSPS) is 23.0. The van der Waals surface area contributed by atoms with E-state index < -0.39 is 17.4 Å². The highest BCUT2D eigenvalue weighted by Crippen LogP contribution is 2.50. The number of likely N-dealkylation sites (tertiary alicyclic amines) is 1. The van der Waals surface area contributed by atoms with Crippen LogP contribution in [0.15, 0.2) is 42.5 Å². The zero-order chi connectivity index (χ0) is 21.2. The minimum absolute atomic E-state index is 0.00919. The summed E-state index contributed by atoms with van der Waals surface area (Å²) in [5.74, 6) is -0.406. The second-order valence-electron chi connectivity index (χ2n) is 9.02. The van der Waals surface area contributed by atoms with Crippen LogP contribution in [0, 0.1) is 28.0 Å². The van der Waals surface area contributed by atoms with E-state index in [1.807, 2.05) is 56.0 Å². The number of rotatable bonds is 4. The molecule has 154 valence electrons. The number of nitrogens with zero attached hydrogens (tertiary/aromatic N) is 2. The Balaban J connectivity index is 1.78. The third-order valence-corrected chi connectivity index (χ3v) is 6.42. The standard InChI is InChI=1S/C24H28F2N2O/c1-23(2,3)24(9-11-27)10-12-28(16-22(24)26)15-18-13-21(29)19(14-20(18)25)17-7-5-4-6-8-17/h4-8,13-14,22,29H,9-10,12,15-16H2,1-3H3. The quantitative estimate of drug-likeness (QED) is 0.720. The highest BCUT2D eigenvalue weighted by atomic mass is 19.1. The molecule has 0 radical (unpaired) electrons. The Morgan fingerprint density at radius 2 is 1.93 bits per heavy atom. The Hall–Kier alpha value is -2.45. The van der Waals surface area contributed by atoms with Gasteiger partial charge in [0.25, 0.3) is 0 Å². The van der Waals surface area contributed by atoms with Crippen molar-refractivity contribution in [3.05, 3.63) is 53.8 Å². The zero-order valence-electron chi connectivity index (χ0n) is 17.3. The van der Waals surface area contributed by atoms with Gasteiger partial charge in [0.2, 0.25) is 0 Å². The van der Waals surface area contributed by atoms with Crippen LogP contribution in [0.25, 0.3) is 11.1 Å². The van der Waals surface area contributed by atoms with Gasteiger partial charge < -0.3 is 5.11 Å². The molecule has 1 aliphatic rings. The molecule has 3 nitrogen and oxygen atoms in total. The summed E-state index contributed by atoms with van der Waals surface area (Å²) < 4.78 is 30.0. The van der Waals surface area contributed by atoms with Crippen LogP contribution < -0.4 is 0 Å². The second kappa shape index (κ2) is 8.12. The first-order chi connectivity index (χ1) is 13.7. The number of phenolic OH excluding ortho intramolecular Hbond substituents is 1. The molecule has 1 N–H and O–H groups in total. The van der Waals surface area contributed by atoms with E-state index in [0.717, 1.165) is 5.56 Å². The summed E-state index contributed by atoms with van der Waals surface area (Å²) in [6.45, 7) is 6.90. The zero-order valence-corrected chi connectivity index (χ0v) is 17.3. The van der Waals surface area contributed by atoms with Crippen molar-refractivity contribution in [1.82, 2.24) is 4.90 Å². The number of benzene rings is 2. The van der Waals surface area contributed by atoms with E-state index >= 15 is 4.39 Å². The van der Waals surface area contributed by atoms with Crippen LogP contribution in [-0.4, -0.2) is 29.3 Å². The molecule has 5 heteroatoms. The molecule has 0 aliphatic carbocycles. The molecule has 0 amide bonds. The van der Waals surface area contributed by atoms with Crippen molar-refractivity contribution in [2.24, 2.45) is 10.8 Å². The lowest BCUT2D eigenvalue weighted by molar-refractivity contribution is -0.0662. The molecule has 2 unspecified atom stereocenters. The fraction of sp³-hybridized carbons (Fsp3) is 0.458. The van der Waals surface area contributed by atoms with E-state index in [1.165, 1.54) is 12.1 Å². The summed E-state index contributed by atoms with van der Waals surface area (Å²) >= 11 is 0. The van der Waals surface area contributed by atoms with Crippen LogP contribution in [-0.2, 0) is 6.54 Å². The van der Waals surface area contributed by atoms with Crippen LogP contribution in [0.1, 0.15) is 39.2 Å². The van der Waals surface area contributed by atoms with Crippen molar-refractivity contribution < 1.29 is 13.9 Å². The van der Waals surface area contributed by atoms with Crippen molar-refractivity contribution in [2.75, 3.05) is 13.1 Å². The van der Waals surface area contributed by atoms with E-state index in [0.29, 0.717) is 24.1 Å². The largest absolute Gasteiger partial charge is 0.507 e. The van der Waals surface area contributed by atoms with E-state index in [9.17, 15) is 14.8 Å². The number of hydrogen-bond acceptors (Lipinski definition) is 3. The maximum absolute atomic E-state index is 15.3. The Kier molecular flexibility index (Phi) is 5.95. The smallest absolute Gasteiger partial charge is 0.128 e. The molecule has 2 aromatic carbocycles. The van der Waals surface area contributed by atoms with Gasteiger partial charge >= 0.3 is 0 Å². The molecule has 1 saturated heterocycles. The van der Waals surface area contributed by atoms with Crippen molar-refractivity contribution in [3.63, 3.8) is 0 Å². The van der Waals surface area contributed by atoms with Gasteiger partial charge in [-0.25, -0.2) is 8.78 Å². The molecular formula is C24H28F2N2O. The minimum atomic E-state index is -1.17. The van der Waals surface area contributed by atoms with Gasteiger partial charge in [-0.05, 0) is 36.1 Å². The van der Waals surface area contributed by atoms with Gasteiger partial charge in [0.05, 0.1) is 6.07 Å². The molecule has 0 spiro atoms. The summed E-state index contributed by atoms with van der Waals surface area (Å²) in [6, 6.07) is 14.1. The van der Waals surface area contributed by atoms with Crippen molar-refractivity contribution >= 4 is 0 Å². The molecule has 1 heterocycles. The maximum Gasteiger partial charge on any atom is 0.128 e. The number of halogens is 2. The van der Waals surface area contributed by atoms with E-state index in [-0.39, 0.29) is 30.7 Å². The Morgan fingerprint density at radius 1 is 1.24 bits per heavy atom. The lowest BCUT2D eigenvalue weighted by Crippen LogP contribution is -2.54. The fourth-order valence-electron chi connectivity index (χ4n) is 4.42. The molecule has 0 aromatic heterocycles. The Labute approximate surface area is 171 Å². The molecule has 29 heavy (non-hydrogen) atoms. The summed E-state index contributed by atoms with van der Waals surface area (Å²) in [4.78, 5) is 1.87. The lowest BCUT2D eigenvalue weighted by Gasteiger charge is -2.51. The first-order valence-corrected chi connectivity index (χ1v) is 9.98. The molecule has 3 rings (SSSR count). The molecule has 0 bridgehead atoms. The third kappa shape index (κ3) is 4.13. The van der Waals surface area contributed by atoms with Crippen molar-refractivity contribution in [1.29, 1.82) is 5.26 Å². The van der Waals surface area contributed by atoms with Crippen molar-refractivity contribution in [3.8, 4) is 22.9 Å². The molecule has 2 aromatic rings. The number of alkyl halides is 1. The Bertz CT molecular complexity index is 902. The average Bonchev–Trinajstić information content (AvgIpc) is 2.66. The summed E-state index contributed by atoms with van der Waals surface area (Å²) in [5.41, 5.74) is 0.488. The highest BCUT2D eigenvalue weighted by molar-refractivity contribution is 5.70. The number of nitriles is 1. The first kappa shape index (κ1) is 21.3. The topological polar surface area (TPSA) is 47.3 Å². The van der Waals surface area contributed by atoms with Gasteiger partial charge in [-0.2, -0.15) is 5.26 Å². The number of hydrogen-bond donors (Lipinski definition) is 1. The predicted molar refractivity (Wildman–Crippen MR) is 110 cm³/mol. The molecule has 1 aliphatic heterocycles. The Morgan fingerprint density at radius 3 is 2.52 bits per heavy atom. The van der Waals surface area contributed by atoms with E-state index in [4.69, 9.17) is 0 Å². The van der Waals surface area contributed by atoms with Crippen LogP contribution in [0.4, 0.5) is 8.78 Å². The van der Waals surface area contributed by atoms with Gasteiger partial charge in [-0.3, -0.25) is 4.90 Å². The van der Waals surface area contributed by atoms with E-state index in [2.05, 4.69) is 6.07 Å². The van der Waals surface area contributed by atoms with Gasteiger partial charge in [0.1, 0.15) is 17.7 Å². The predicted octanol–water partition coefficient (Wildman–Crippen LogP) is 5.69. The fourth-order valence-corrected chi connectivity index (χ4v) is 4.42. The average molecular weight is 398 g/mol. The highest BCUT2D eigenvalue weighted by Gasteiger charge is 2.51. The number of aromatic hydroxyl groups is 1. The monoisotopic (exact) mass is 398 g/mol. The van der Waals surface area contributed by atoms with Gasteiger partial charge in [0, 0.05) is 36.1 Å². The second-order valence-corrected chi connectivity index (χ2v) is 9.02. The van der Waals surface area contributed by atoms with Gasteiger partial charge in [0.15, 0.2) is 0 Å². The molecule has 2 atom stereocenters. The SMILES string of the molecule is CC(C)(C)C1(CC#N)CCN(Cc2cc(O)c(-c3ccccc3)cc2F)CC1F. The molecule has 0 saturated carbocycles. The summed E-state index contributed by atoms with van der Waals surface area (Å²) in [5, 5.41) is 19.7. The number of phenols is 1. The van der Waals surface area contributed by atoms with Crippen LogP contribution in [0.5, 0.6) is 5.75 Å². The van der Waals surface area contributed by atoms with Gasteiger partial charge in [-0.15, -0.1) is 0 Å². The van der Waals surface area contributed by atoms with Crippen LogP contribution in [0.2, 0.25) is 0 Å². The van der Waals surface area contributed by atoms with E-state index in [1.54, 1.807) is 0 Å². The summed E-state index contributed by atoms with van der Waals surface area (Å²) in [7, 11) is 0.